The van der Waals surface area contributed by atoms with E-state index in [4.69, 9.17) is 29.6 Å². The molecule has 1 rings (SSSR count). The van der Waals surface area contributed by atoms with Crippen molar-refractivity contribution in [2.75, 3.05) is 25.0 Å². The molecule has 5 heteroatoms. The van der Waals surface area contributed by atoms with Gasteiger partial charge in [-0.3, -0.25) is 0 Å². The second kappa shape index (κ2) is 9.23. The molecule has 3 nitrogen and oxygen atoms in total. The van der Waals surface area contributed by atoms with Crippen molar-refractivity contribution in [3.63, 3.8) is 0 Å². The van der Waals surface area contributed by atoms with Gasteiger partial charge in [0.2, 0.25) is 0 Å². The lowest BCUT2D eigenvalue weighted by Crippen LogP contribution is -2.25. The van der Waals surface area contributed by atoms with E-state index in [9.17, 15) is 0 Å². The lowest BCUT2D eigenvalue weighted by molar-refractivity contribution is 0.295. The Labute approximate surface area is 138 Å². The van der Waals surface area contributed by atoms with Crippen molar-refractivity contribution >= 4 is 34.5 Å². The molecule has 0 aliphatic rings. The standard InChI is InChI=1S/C16H26ClN3S/c1-4-20(5-2)10-6-7-12(3)19-15-9-8-13(16(18)21)11-14(15)17/h8-9,11-12,19H,4-7,10H2,1-3H3,(H2,18,21). The van der Waals surface area contributed by atoms with E-state index in [1.165, 1.54) is 6.42 Å². The Hall–Kier alpha value is -0.840. The molecule has 0 radical (unpaired) electrons. The van der Waals surface area contributed by atoms with Crippen LogP contribution < -0.4 is 11.1 Å². The molecule has 0 aromatic heterocycles. The number of rotatable bonds is 9. The Balaban J connectivity index is 2.47. The zero-order valence-electron chi connectivity index (χ0n) is 13.2. The molecule has 118 valence electrons. The van der Waals surface area contributed by atoms with Gasteiger partial charge in [0.1, 0.15) is 4.99 Å². The summed E-state index contributed by atoms with van der Waals surface area (Å²) in [6, 6.07) is 6.04. The minimum absolute atomic E-state index is 0.371. The van der Waals surface area contributed by atoms with Crippen molar-refractivity contribution in [2.24, 2.45) is 5.73 Å². The maximum Gasteiger partial charge on any atom is 0.104 e. The second-order valence-corrected chi connectivity index (χ2v) is 6.12. The lowest BCUT2D eigenvalue weighted by atomic mass is 10.1. The number of hydrogen-bond acceptors (Lipinski definition) is 3. The summed E-state index contributed by atoms with van der Waals surface area (Å²) in [5.74, 6) is 0. The van der Waals surface area contributed by atoms with Gasteiger partial charge in [-0.25, -0.2) is 0 Å². The molecule has 0 aliphatic heterocycles. The quantitative estimate of drug-likeness (QED) is 0.675. The highest BCUT2D eigenvalue weighted by molar-refractivity contribution is 7.80. The number of anilines is 1. The third-order valence-electron chi connectivity index (χ3n) is 3.66. The molecule has 0 fully saturated rings. The second-order valence-electron chi connectivity index (χ2n) is 5.27. The van der Waals surface area contributed by atoms with Crippen LogP contribution in [0.2, 0.25) is 5.02 Å². The predicted molar refractivity (Wildman–Crippen MR) is 97.4 cm³/mol. The van der Waals surface area contributed by atoms with Crippen molar-refractivity contribution < 1.29 is 0 Å². The average Bonchev–Trinajstić information content (AvgIpc) is 2.45. The summed E-state index contributed by atoms with van der Waals surface area (Å²) in [7, 11) is 0. The Morgan fingerprint density at radius 1 is 1.38 bits per heavy atom. The number of benzene rings is 1. The molecule has 1 unspecified atom stereocenters. The van der Waals surface area contributed by atoms with Gasteiger partial charge in [0.25, 0.3) is 0 Å². The summed E-state index contributed by atoms with van der Waals surface area (Å²) in [5.41, 5.74) is 7.34. The highest BCUT2D eigenvalue weighted by atomic mass is 35.5. The van der Waals surface area contributed by atoms with Crippen LogP contribution in [0.4, 0.5) is 5.69 Å². The number of nitrogens with zero attached hydrogens (tertiary/aromatic N) is 1. The van der Waals surface area contributed by atoms with Gasteiger partial charge >= 0.3 is 0 Å². The highest BCUT2D eigenvalue weighted by Crippen LogP contribution is 2.24. The molecule has 1 atom stereocenters. The highest BCUT2D eigenvalue weighted by Gasteiger charge is 2.08. The fraction of sp³-hybridized carbons (Fsp3) is 0.562. The van der Waals surface area contributed by atoms with Gasteiger partial charge < -0.3 is 16.0 Å². The lowest BCUT2D eigenvalue weighted by Gasteiger charge is -2.20. The summed E-state index contributed by atoms with van der Waals surface area (Å²) < 4.78 is 0. The summed E-state index contributed by atoms with van der Waals surface area (Å²) in [6.45, 7) is 9.96. The van der Waals surface area contributed by atoms with E-state index >= 15 is 0 Å². The first-order valence-electron chi connectivity index (χ1n) is 7.56. The third kappa shape index (κ3) is 6.20. The van der Waals surface area contributed by atoms with E-state index in [0.29, 0.717) is 16.1 Å². The van der Waals surface area contributed by atoms with Gasteiger partial charge in [0.15, 0.2) is 0 Å². The third-order valence-corrected chi connectivity index (χ3v) is 4.21. The van der Waals surface area contributed by atoms with Crippen molar-refractivity contribution in [1.82, 2.24) is 4.90 Å². The number of nitrogens with two attached hydrogens (primary N) is 1. The van der Waals surface area contributed by atoms with Crippen molar-refractivity contribution in [2.45, 2.75) is 39.7 Å². The van der Waals surface area contributed by atoms with Crippen molar-refractivity contribution in [1.29, 1.82) is 0 Å². The molecule has 1 aromatic carbocycles. The Kier molecular flexibility index (Phi) is 8.01. The molecular weight excluding hydrogens is 302 g/mol. The van der Waals surface area contributed by atoms with Crippen LogP contribution in [-0.4, -0.2) is 35.6 Å². The molecule has 1 aromatic rings. The van der Waals surface area contributed by atoms with E-state index in [2.05, 4.69) is 31.0 Å². The minimum Gasteiger partial charge on any atom is -0.389 e. The van der Waals surface area contributed by atoms with Crippen LogP contribution in [0, 0.1) is 0 Å². The molecule has 0 bridgehead atoms. The van der Waals surface area contributed by atoms with Crippen LogP contribution >= 0.6 is 23.8 Å². The summed E-state index contributed by atoms with van der Waals surface area (Å²) in [6.07, 6.45) is 2.29. The molecule has 0 spiro atoms. The van der Waals surface area contributed by atoms with E-state index < -0.39 is 0 Å². The zero-order chi connectivity index (χ0) is 15.8. The first kappa shape index (κ1) is 18.2. The Morgan fingerprint density at radius 3 is 2.57 bits per heavy atom. The van der Waals surface area contributed by atoms with Crippen LogP contribution in [-0.2, 0) is 0 Å². The van der Waals surface area contributed by atoms with Crippen LogP contribution in [0.25, 0.3) is 0 Å². The zero-order valence-corrected chi connectivity index (χ0v) is 14.7. The largest absolute Gasteiger partial charge is 0.389 e. The topological polar surface area (TPSA) is 41.3 Å². The minimum atomic E-state index is 0.371. The molecule has 21 heavy (non-hydrogen) atoms. The Morgan fingerprint density at radius 2 is 2.05 bits per heavy atom. The fourth-order valence-corrected chi connectivity index (χ4v) is 2.65. The molecule has 0 amide bonds. The van der Waals surface area contributed by atoms with Crippen LogP contribution in [0.3, 0.4) is 0 Å². The van der Waals surface area contributed by atoms with E-state index in [1.54, 1.807) is 0 Å². The number of halogens is 1. The maximum absolute atomic E-state index is 6.26. The van der Waals surface area contributed by atoms with Gasteiger partial charge in [-0.2, -0.15) is 0 Å². The molecule has 0 saturated heterocycles. The van der Waals surface area contributed by atoms with Gasteiger partial charge in [-0.05, 0) is 57.6 Å². The number of hydrogen-bond donors (Lipinski definition) is 2. The van der Waals surface area contributed by atoms with Gasteiger partial charge in [-0.15, -0.1) is 0 Å². The van der Waals surface area contributed by atoms with Gasteiger partial charge in [-0.1, -0.05) is 37.7 Å². The molecule has 0 aliphatic carbocycles. The van der Waals surface area contributed by atoms with Crippen LogP contribution in [0.15, 0.2) is 18.2 Å². The van der Waals surface area contributed by atoms with Crippen LogP contribution in [0.5, 0.6) is 0 Å². The van der Waals surface area contributed by atoms with E-state index in [0.717, 1.165) is 37.3 Å². The molecule has 0 saturated carbocycles. The summed E-state index contributed by atoms with van der Waals surface area (Å²) >= 11 is 11.2. The normalized spacial score (nSPS) is 12.4. The smallest absolute Gasteiger partial charge is 0.104 e. The first-order valence-corrected chi connectivity index (χ1v) is 8.34. The van der Waals surface area contributed by atoms with Crippen molar-refractivity contribution in [3.05, 3.63) is 28.8 Å². The molecule has 3 N–H and O–H groups in total. The van der Waals surface area contributed by atoms with Crippen LogP contribution in [0.1, 0.15) is 39.2 Å². The SMILES string of the molecule is CCN(CC)CCCC(C)Nc1ccc(C(N)=S)cc1Cl. The number of nitrogens with one attached hydrogen (secondary N) is 1. The van der Waals surface area contributed by atoms with Crippen molar-refractivity contribution in [3.8, 4) is 0 Å². The fourth-order valence-electron chi connectivity index (χ4n) is 2.28. The first-order chi connectivity index (χ1) is 9.97. The monoisotopic (exact) mass is 327 g/mol. The summed E-state index contributed by atoms with van der Waals surface area (Å²) in [5, 5.41) is 4.11. The maximum atomic E-state index is 6.26. The predicted octanol–water partition coefficient (Wildman–Crippen LogP) is 3.90. The van der Waals surface area contributed by atoms with Gasteiger partial charge in [0.05, 0.1) is 10.7 Å². The average molecular weight is 328 g/mol. The Bertz CT molecular complexity index is 461. The van der Waals surface area contributed by atoms with E-state index in [1.807, 2.05) is 18.2 Å². The van der Waals surface area contributed by atoms with E-state index in [-0.39, 0.29) is 0 Å². The molecular formula is C16H26ClN3S. The summed E-state index contributed by atoms with van der Waals surface area (Å²) in [4.78, 5) is 2.81. The van der Waals surface area contributed by atoms with Gasteiger partial charge in [0, 0.05) is 11.6 Å². The number of thiocarbonyl (C=S) groups is 1. The molecule has 0 heterocycles.